The quantitative estimate of drug-likeness (QED) is 0.613. The summed E-state index contributed by atoms with van der Waals surface area (Å²) in [5.41, 5.74) is -0.539. The van der Waals surface area contributed by atoms with Crippen molar-refractivity contribution in [1.82, 2.24) is 0 Å². The topological polar surface area (TPSA) is 35.5 Å². The van der Waals surface area contributed by atoms with Crippen molar-refractivity contribution in [2.45, 2.75) is 63.9 Å². The number of ether oxygens (including phenoxy) is 2. The lowest BCUT2D eigenvalue weighted by molar-refractivity contribution is -0.152. The second-order valence-corrected chi connectivity index (χ2v) is 4.90. The molecule has 0 bridgehead atoms. The van der Waals surface area contributed by atoms with Gasteiger partial charge in [-0.2, -0.15) is 0 Å². The molecule has 1 heterocycles. The number of ketones is 1. The summed E-state index contributed by atoms with van der Waals surface area (Å²) in [6, 6.07) is 0. The van der Waals surface area contributed by atoms with Gasteiger partial charge in [-0.3, -0.25) is 4.79 Å². The van der Waals surface area contributed by atoms with E-state index in [4.69, 9.17) is 9.47 Å². The fourth-order valence-corrected chi connectivity index (χ4v) is 2.41. The number of hydrogen-bond donors (Lipinski definition) is 0. The highest BCUT2D eigenvalue weighted by molar-refractivity contribution is 5.87. The highest BCUT2D eigenvalue weighted by atomic mass is 16.5. The average molecular weight is 242 g/mol. The van der Waals surface area contributed by atoms with Crippen molar-refractivity contribution in [1.29, 1.82) is 0 Å². The number of rotatable bonds is 8. The van der Waals surface area contributed by atoms with E-state index in [9.17, 15) is 4.79 Å². The number of Topliss-reactive ketones (excluding diaryl/α,β-unsaturated/α-hetero) is 1. The van der Waals surface area contributed by atoms with E-state index in [2.05, 4.69) is 6.92 Å². The summed E-state index contributed by atoms with van der Waals surface area (Å²) >= 11 is 0. The minimum absolute atomic E-state index is 0.278. The van der Waals surface area contributed by atoms with E-state index in [1.807, 2.05) is 0 Å². The Bertz CT molecular complexity index is 220. The molecule has 0 aromatic carbocycles. The second-order valence-electron chi connectivity index (χ2n) is 4.90. The first-order chi connectivity index (χ1) is 8.25. The minimum Gasteiger partial charge on any atom is -0.381 e. The van der Waals surface area contributed by atoms with Crippen LogP contribution in [0.4, 0.5) is 0 Å². The molecule has 0 spiro atoms. The minimum atomic E-state index is -0.539. The summed E-state index contributed by atoms with van der Waals surface area (Å²) in [4.78, 5) is 12.2. The maximum absolute atomic E-state index is 12.2. The fourth-order valence-electron chi connectivity index (χ4n) is 2.41. The summed E-state index contributed by atoms with van der Waals surface area (Å²) in [7, 11) is 1.65. The maximum Gasteiger partial charge on any atom is 0.164 e. The zero-order valence-electron chi connectivity index (χ0n) is 11.3. The van der Waals surface area contributed by atoms with E-state index >= 15 is 0 Å². The molecule has 3 heteroatoms. The van der Waals surface area contributed by atoms with E-state index in [-0.39, 0.29) is 5.78 Å². The van der Waals surface area contributed by atoms with Crippen molar-refractivity contribution in [3.8, 4) is 0 Å². The van der Waals surface area contributed by atoms with Gasteiger partial charge in [0.15, 0.2) is 5.78 Å². The maximum atomic E-state index is 12.2. The van der Waals surface area contributed by atoms with E-state index in [1.54, 1.807) is 7.11 Å². The highest BCUT2D eigenvalue weighted by Gasteiger charge is 2.39. The van der Waals surface area contributed by atoms with Crippen molar-refractivity contribution in [2.24, 2.45) is 0 Å². The van der Waals surface area contributed by atoms with Crippen LogP contribution in [0.5, 0.6) is 0 Å². The first-order valence-corrected chi connectivity index (χ1v) is 6.91. The Morgan fingerprint density at radius 2 is 1.82 bits per heavy atom. The third kappa shape index (κ3) is 4.40. The molecule has 17 heavy (non-hydrogen) atoms. The second kappa shape index (κ2) is 7.83. The Hall–Kier alpha value is -0.410. The molecule has 1 aliphatic heterocycles. The first-order valence-electron chi connectivity index (χ1n) is 6.91. The van der Waals surface area contributed by atoms with Crippen molar-refractivity contribution >= 4 is 5.78 Å². The van der Waals surface area contributed by atoms with Gasteiger partial charge in [0.25, 0.3) is 0 Å². The van der Waals surface area contributed by atoms with Crippen LogP contribution in [0.1, 0.15) is 58.3 Å². The van der Waals surface area contributed by atoms with Crippen molar-refractivity contribution in [3.05, 3.63) is 0 Å². The molecule has 0 aliphatic carbocycles. The molecule has 0 unspecified atom stereocenters. The molecule has 1 fully saturated rings. The van der Waals surface area contributed by atoms with E-state index in [1.165, 1.54) is 19.3 Å². The molecule has 0 atom stereocenters. The Morgan fingerprint density at radius 3 is 2.41 bits per heavy atom. The fraction of sp³-hybridized carbons (Fsp3) is 0.929. The van der Waals surface area contributed by atoms with Crippen LogP contribution in [-0.4, -0.2) is 31.7 Å². The summed E-state index contributed by atoms with van der Waals surface area (Å²) in [6.07, 6.45) is 8.03. The lowest BCUT2D eigenvalue weighted by Crippen LogP contribution is -2.45. The van der Waals surface area contributed by atoms with Crippen LogP contribution in [0.3, 0.4) is 0 Å². The molecule has 3 nitrogen and oxygen atoms in total. The average Bonchev–Trinajstić information content (AvgIpc) is 2.39. The highest BCUT2D eigenvalue weighted by Crippen LogP contribution is 2.27. The third-order valence-corrected chi connectivity index (χ3v) is 3.71. The van der Waals surface area contributed by atoms with Crippen LogP contribution in [0.2, 0.25) is 0 Å². The van der Waals surface area contributed by atoms with Gasteiger partial charge in [0.1, 0.15) is 5.60 Å². The first kappa shape index (κ1) is 14.7. The Balaban J connectivity index is 2.28. The molecule has 0 radical (unpaired) electrons. The lowest BCUT2D eigenvalue weighted by atomic mass is 9.86. The summed E-state index contributed by atoms with van der Waals surface area (Å²) < 4.78 is 10.8. The van der Waals surface area contributed by atoms with E-state index < -0.39 is 5.60 Å². The standard InChI is InChI=1S/C14H26O3/c1-3-4-5-6-7-8-13(15)14(16-2)9-11-17-12-10-14/h3-12H2,1-2H3. The zero-order valence-corrected chi connectivity index (χ0v) is 11.3. The van der Waals surface area contributed by atoms with Crippen LogP contribution < -0.4 is 0 Å². The number of methoxy groups -OCH3 is 1. The SMILES string of the molecule is CCCCCCCC(=O)C1(OC)CCOCC1. The monoisotopic (exact) mass is 242 g/mol. The number of carbonyl (C=O) groups excluding carboxylic acids is 1. The van der Waals surface area contributed by atoms with Crippen LogP contribution >= 0.6 is 0 Å². The molecular formula is C14H26O3. The summed E-state index contributed by atoms with van der Waals surface area (Å²) in [5, 5.41) is 0. The van der Waals surface area contributed by atoms with E-state index in [0.717, 1.165) is 25.7 Å². The molecule has 1 rings (SSSR count). The van der Waals surface area contributed by atoms with Gasteiger partial charge in [0.05, 0.1) is 0 Å². The number of unbranched alkanes of at least 4 members (excludes halogenated alkanes) is 4. The molecule has 0 aromatic heterocycles. The zero-order chi connectivity index (χ0) is 12.6. The van der Waals surface area contributed by atoms with Crippen LogP contribution in [-0.2, 0) is 14.3 Å². The Labute approximate surface area is 105 Å². The molecule has 0 saturated carbocycles. The molecule has 1 aliphatic rings. The van der Waals surface area contributed by atoms with Gasteiger partial charge in [-0.1, -0.05) is 32.6 Å². The van der Waals surface area contributed by atoms with Gasteiger partial charge < -0.3 is 9.47 Å². The lowest BCUT2D eigenvalue weighted by Gasteiger charge is -2.34. The van der Waals surface area contributed by atoms with Gasteiger partial charge >= 0.3 is 0 Å². The van der Waals surface area contributed by atoms with Gasteiger partial charge in [-0.25, -0.2) is 0 Å². The van der Waals surface area contributed by atoms with Crippen molar-refractivity contribution in [3.63, 3.8) is 0 Å². The van der Waals surface area contributed by atoms with Crippen LogP contribution in [0.15, 0.2) is 0 Å². The largest absolute Gasteiger partial charge is 0.381 e. The van der Waals surface area contributed by atoms with Crippen molar-refractivity contribution < 1.29 is 14.3 Å². The van der Waals surface area contributed by atoms with Gasteiger partial charge in [-0.15, -0.1) is 0 Å². The molecule has 0 amide bonds. The Morgan fingerprint density at radius 1 is 1.18 bits per heavy atom. The van der Waals surface area contributed by atoms with Gasteiger partial charge in [-0.05, 0) is 6.42 Å². The van der Waals surface area contributed by atoms with Gasteiger partial charge in [0, 0.05) is 39.6 Å². The van der Waals surface area contributed by atoms with Gasteiger partial charge in [0.2, 0.25) is 0 Å². The summed E-state index contributed by atoms with van der Waals surface area (Å²) in [5.74, 6) is 0.278. The van der Waals surface area contributed by atoms with E-state index in [0.29, 0.717) is 19.6 Å². The Kier molecular flexibility index (Phi) is 6.75. The molecule has 0 N–H and O–H groups in total. The number of carbonyl (C=O) groups is 1. The predicted octanol–water partition coefficient (Wildman–Crippen LogP) is 3.11. The smallest absolute Gasteiger partial charge is 0.164 e. The van der Waals surface area contributed by atoms with Crippen LogP contribution in [0, 0.1) is 0 Å². The molecular weight excluding hydrogens is 216 g/mol. The molecule has 0 aromatic rings. The van der Waals surface area contributed by atoms with Crippen LogP contribution in [0.25, 0.3) is 0 Å². The summed E-state index contributed by atoms with van der Waals surface area (Å²) in [6.45, 7) is 3.50. The predicted molar refractivity (Wildman–Crippen MR) is 68.2 cm³/mol. The van der Waals surface area contributed by atoms with Crippen molar-refractivity contribution in [2.75, 3.05) is 20.3 Å². The molecule has 100 valence electrons. The third-order valence-electron chi connectivity index (χ3n) is 3.71. The number of hydrogen-bond acceptors (Lipinski definition) is 3. The normalized spacial score (nSPS) is 19.2. The molecule has 1 saturated heterocycles.